The first-order chi connectivity index (χ1) is 9.86. The maximum atomic E-state index is 13.2. The average molecular weight is 293 g/mol. The summed E-state index contributed by atoms with van der Waals surface area (Å²) in [7, 11) is 0. The van der Waals surface area contributed by atoms with Crippen LogP contribution in [0.1, 0.15) is 26.3 Å². The minimum atomic E-state index is -0.815. The molecule has 1 unspecified atom stereocenters. The van der Waals surface area contributed by atoms with Crippen molar-refractivity contribution in [3.05, 3.63) is 54.1 Å². The Kier molecular flexibility index (Phi) is 4.73. The van der Waals surface area contributed by atoms with Crippen LogP contribution in [0.15, 0.2) is 36.9 Å². The lowest BCUT2D eigenvalue weighted by atomic mass is 9.86. The molecule has 3 nitrogen and oxygen atoms in total. The molecule has 5 heteroatoms. The third-order valence-corrected chi connectivity index (χ3v) is 3.53. The van der Waals surface area contributed by atoms with Crippen LogP contribution in [-0.2, 0) is 13.1 Å². The van der Waals surface area contributed by atoms with E-state index in [-0.39, 0.29) is 11.5 Å². The average Bonchev–Trinajstić information content (AvgIpc) is 2.90. The molecule has 1 aromatic carbocycles. The van der Waals surface area contributed by atoms with E-state index in [0.29, 0.717) is 6.54 Å². The fraction of sp³-hybridized carbons (Fsp3) is 0.438. The van der Waals surface area contributed by atoms with E-state index < -0.39 is 11.6 Å². The molecular weight excluding hydrogens is 272 g/mol. The number of aromatic nitrogens is 2. The fourth-order valence-corrected chi connectivity index (χ4v) is 2.14. The monoisotopic (exact) mass is 293 g/mol. The van der Waals surface area contributed by atoms with E-state index in [2.05, 4.69) is 31.1 Å². The van der Waals surface area contributed by atoms with Gasteiger partial charge in [-0.25, -0.2) is 13.8 Å². The van der Waals surface area contributed by atoms with Crippen LogP contribution in [0.25, 0.3) is 0 Å². The number of hydrogen-bond donors (Lipinski definition) is 1. The molecule has 0 fully saturated rings. The van der Waals surface area contributed by atoms with Crippen molar-refractivity contribution >= 4 is 0 Å². The number of hydrogen-bond acceptors (Lipinski definition) is 2. The Balaban J connectivity index is 2.03. The van der Waals surface area contributed by atoms with E-state index in [4.69, 9.17) is 0 Å². The van der Waals surface area contributed by atoms with Crippen LogP contribution in [0, 0.1) is 17.0 Å². The van der Waals surface area contributed by atoms with Crippen molar-refractivity contribution in [2.24, 2.45) is 5.41 Å². The van der Waals surface area contributed by atoms with Gasteiger partial charge in [-0.05, 0) is 23.1 Å². The van der Waals surface area contributed by atoms with E-state index in [1.54, 1.807) is 18.6 Å². The first kappa shape index (κ1) is 15.6. The van der Waals surface area contributed by atoms with Gasteiger partial charge in [0, 0.05) is 31.5 Å². The summed E-state index contributed by atoms with van der Waals surface area (Å²) in [4.78, 5) is 4.04. The van der Waals surface area contributed by atoms with Gasteiger partial charge in [-0.15, -0.1) is 0 Å². The van der Waals surface area contributed by atoms with Gasteiger partial charge in [0.2, 0.25) is 0 Å². The van der Waals surface area contributed by atoms with Gasteiger partial charge in [0.15, 0.2) is 11.6 Å². The number of benzene rings is 1. The third kappa shape index (κ3) is 4.36. The van der Waals surface area contributed by atoms with E-state index in [1.165, 1.54) is 6.07 Å². The Labute approximate surface area is 124 Å². The highest BCUT2D eigenvalue weighted by atomic mass is 19.2. The predicted octanol–water partition coefficient (Wildman–Crippen LogP) is 3.37. The SMILES string of the molecule is CC(C)(C)C(Cn1ccnc1)NCc1ccc(F)c(F)c1. The van der Waals surface area contributed by atoms with Gasteiger partial charge in [-0.1, -0.05) is 26.8 Å². The van der Waals surface area contributed by atoms with E-state index in [9.17, 15) is 8.78 Å². The summed E-state index contributed by atoms with van der Waals surface area (Å²) >= 11 is 0. The highest BCUT2D eigenvalue weighted by Crippen LogP contribution is 2.21. The second-order valence-electron chi connectivity index (χ2n) is 6.31. The zero-order valence-electron chi connectivity index (χ0n) is 12.6. The predicted molar refractivity (Wildman–Crippen MR) is 78.7 cm³/mol. The molecule has 0 saturated carbocycles. The second-order valence-corrected chi connectivity index (χ2v) is 6.31. The van der Waals surface area contributed by atoms with Crippen LogP contribution in [0.4, 0.5) is 8.78 Å². The maximum Gasteiger partial charge on any atom is 0.159 e. The molecule has 1 aromatic heterocycles. The molecule has 2 aromatic rings. The number of rotatable bonds is 5. The van der Waals surface area contributed by atoms with Crippen molar-refractivity contribution in [3.63, 3.8) is 0 Å². The molecule has 1 heterocycles. The van der Waals surface area contributed by atoms with Crippen LogP contribution in [0.2, 0.25) is 0 Å². The molecule has 0 aliphatic carbocycles. The lowest BCUT2D eigenvalue weighted by Crippen LogP contribution is -2.43. The molecule has 0 aliphatic heterocycles. The second kappa shape index (κ2) is 6.35. The molecule has 2 rings (SSSR count). The molecule has 0 bridgehead atoms. The lowest BCUT2D eigenvalue weighted by molar-refractivity contribution is 0.240. The topological polar surface area (TPSA) is 29.9 Å². The molecule has 0 spiro atoms. The molecule has 0 saturated heterocycles. The van der Waals surface area contributed by atoms with Crippen LogP contribution < -0.4 is 5.32 Å². The van der Waals surface area contributed by atoms with Crippen molar-refractivity contribution < 1.29 is 8.78 Å². The van der Waals surface area contributed by atoms with Gasteiger partial charge in [0.25, 0.3) is 0 Å². The fourth-order valence-electron chi connectivity index (χ4n) is 2.14. The lowest BCUT2D eigenvalue weighted by Gasteiger charge is -2.32. The summed E-state index contributed by atoms with van der Waals surface area (Å²) < 4.78 is 28.2. The molecule has 0 aliphatic rings. The summed E-state index contributed by atoms with van der Waals surface area (Å²) in [6, 6.07) is 4.18. The summed E-state index contributed by atoms with van der Waals surface area (Å²) in [5.74, 6) is -1.62. The van der Waals surface area contributed by atoms with Crippen LogP contribution in [0.3, 0.4) is 0 Å². The van der Waals surface area contributed by atoms with Crippen LogP contribution in [-0.4, -0.2) is 15.6 Å². The Morgan fingerprint density at radius 2 is 2.00 bits per heavy atom. The zero-order valence-corrected chi connectivity index (χ0v) is 12.6. The molecule has 21 heavy (non-hydrogen) atoms. The van der Waals surface area contributed by atoms with E-state index in [0.717, 1.165) is 18.2 Å². The Bertz CT molecular complexity index is 574. The smallest absolute Gasteiger partial charge is 0.159 e. The van der Waals surface area contributed by atoms with Gasteiger partial charge in [0.05, 0.1) is 6.33 Å². The Morgan fingerprint density at radius 1 is 1.24 bits per heavy atom. The number of halogens is 2. The summed E-state index contributed by atoms with van der Waals surface area (Å²) in [6.07, 6.45) is 5.44. The highest BCUT2D eigenvalue weighted by Gasteiger charge is 2.24. The van der Waals surface area contributed by atoms with Crippen LogP contribution >= 0.6 is 0 Å². The summed E-state index contributed by atoms with van der Waals surface area (Å²) in [5.41, 5.74) is 0.761. The quantitative estimate of drug-likeness (QED) is 0.916. The largest absolute Gasteiger partial charge is 0.336 e. The minimum Gasteiger partial charge on any atom is -0.336 e. The molecule has 0 amide bonds. The molecule has 1 atom stereocenters. The summed E-state index contributed by atoms with van der Waals surface area (Å²) in [6.45, 7) is 7.70. The van der Waals surface area contributed by atoms with Crippen molar-refractivity contribution in [1.82, 2.24) is 14.9 Å². The van der Waals surface area contributed by atoms with Gasteiger partial charge in [0.1, 0.15) is 0 Å². The van der Waals surface area contributed by atoms with Crippen molar-refractivity contribution in [2.45, 2.75) is 39.9 Å². The molecule has 114 valence electrons. The van der Waals surface area contributed by atoms with Gasteiger partial charge in [-0.3, -0.25) is 0 Å². The van der Waals surface area contributed by atoms with E-state index in [1.807, 2.05) is 10.8 Å². The Hall–Kier alpha value is -1.75. The van der Waals surface area contributed by atoms with Gasteiger partial charge < -0.3 is 9.88 Å². The normalized spacial score (nSPS) is 13.4. The van der Waals surface area contributed by atoms with Crippen molar-refractivity contribution in [2.75, 3.05) is 0 Å². The maximum absolute atomic E-state index is 13.2. The third-order valence-electron chi connectivity index (χ3n) is 3.53. The number of imidazole rings is 1. The van der Waals surface area contributed by atoms with Gasteiger partial charge >= 0.3 is 0 Å². The molecular formula is C16H21F2N3. The zero-order chi connectivity index (χ0) is 15.5. The first-order valence-electron chi connectivity index (χ1n) is 6.99. The van der Waals surface area contributed by atoms with Crippen molar-refractivity contribution in [3.8, 4) is 0 Å². The number of nitrogens with zero attached hydrogens (tertiary/aromatic N) is 2. The summed E-state index contributed by atoms with van der Waals surface area (Å²) in [5, 5.41) is 3.42. The van der Waals surface area contributed by atoms with Gasteiger partial charge in [-0.2, -0.15) is 0 Å². The first-order valence-corrected chi connectivity index (χ1v) is 6.99. The molecule has 0 radical (unpaired) electrons. The Morgan fingerprint density at radius 3 is 2.57 bits per heavy atom. The molecule has 1 N–H and O–H groups in total. The van der Waals surface area contributed by atoms with E-state index >= 15 is 0 Å². The number of nitrogens with one attached hydrogen (secondary N) is 1. The highest BCUT2D eigenvalue weighted by molar-refractivity contribution is 5.17. The minimum absolute atomic E-state index is 0.0306. The standard InChI is InChI=1S/C16H21F2N3/c1-16(2,3)15(10-21-7-6-19-11-21)20-9-12-4-5-13(17)14(18)8-12/h4-8,11,15,20H,9-10H2,1-3H3. The van der Waals surface area contributed by atoms with Crippen LogP contribution in [0.5, 0.6) is 0 Å². The van der Waals surface area contributed by atoms with Crippen molar-refractivity contribution in [1.29, 1.82) is 0 Å².